The molecule has 104 valence electrons. The predicted octanol–water partition coefficient (Wildman–Crippen LogP) is 3.70. The number of carbonyl (C=O) groups is 1. The smallest absolute Gasteiger partial charge is 0.176 e. The quantitative estimate of drug-likeness (QED) is 0.752. The van der Waals surface area contributed by atoms with Crippen LogP contribution in [0, 0.1) is 0 Å². The zero-order chi connectivity index (χ0) is 13.7. The number of piperidine rings is 1. The van der Waals surface area contributed by atoms with E-state index < -0.39 is 0 Å². The van der Waals surface area contributed by atoms with Gasteiger partial charge in [-0.2, -0.15) is 0 Å². The molecule has 0 radical (unpaired) electrons. The first-order valence-electron chi connectivity index (χ1n) is 7.57. The van der Waals surface area contributed by atoms with Crippen LogP contribution in [0.1, 0.15) is 55.5 Å². The molecule has 0 aliphatic carbocycles. The highest BCUT2D eigenvalue weighted by Crippen LogP contribution is 2.17. The average Bonchev–Trinajstić information content (AvgIpc) is 2.42. The molecule has 1 saturated heterocycles. The van der Waals surface area contributed by atoms with Crippen molar-refractivity contribution in [3.63, 3.8) is 0 Å². The van der Waals surface area contributed by atoms with Crippen LogP contribution in [0.25, 0.3) is 0 Å². The minimum absolute atomic E-state index is 0.261. The molecule has 0 saturated carbocycles. The minimum atomic E-state index is 0.261. The van der Waals surface area contributed by atoms with Gasteiger partial charge in [0.15, 0.2) is 5.78 Å². The summed E-state index contributed by atoms with van der Waals surface area (Å²) in [7, 11) is 0. The molecule has 1 aliphatic heterocycles. The molecule has 19 heavy (non-hydrogen) atoms. The second-order valence-corrected chi connectivity index (χ2v) is 5.69. The van der Waals surface area contributed by atoms with Crippen LogP contribution >= 0.6 is 0 Å². The van der Waals surface area contributed by atoms with Gasteiger partial charge in [-0.1, -0.05) is 44.0 Å². The maximum Gasteiger partial charge on any atom is 0.176 e. The standard InChI is InChI=1S/C17H25NO/c1-3-6-15-8-10-16(11-9-15)17(19)13-18-12-5-4-7-14(18)2/h8-11,14H,3-7,12-13H2,1-2H3. The average molecular weight is 259 g/mol. The van der Waals surface area contributed by atoms with Crippen molar-refractivity contribution in [2.24, 2.45) is 0 Å². The number of rotatable bonds is 5. The van der Waals surface area contributed by atoms with Crippen LogP contribution in [0.15, 0.2) is 24.3 Å². The summed E-state index contributed by atoms with van der Waals surface area (Å²) < 4.78 is 0. The van der Waals surface area contributed by atoms with Gasteiger partial charge >= 0.3 is 0 Å². The summed E-state index contributed by atoms with van der Waals surface area (Å²) in [6.07, 6.45) is 6.00. The molecule has 2 nitrogen and oxygen atoms in total. The molecular weight excluding hydrogens is 234 g/mol. The first-order valence-corrected chi connectivity index (χ1v) is 7.57. The van der Waals surface area contributed by atoms with Gasteiger partial charge in [-0.05, 0) is 38.3 Å². The van der Waals surface area contributed by atoms with Gasteiger partial charge in [0, 0.05) is 11.6 Å². The van der Waals surface area contributed by atoms with Crippen LogP contribution in [0.4, 0.5) is 0 Å². The summed E-state index contributed by atoms with van der Waals surface area (Å²) in [5, 5.41) is 0. The highest BCUT2D eigenvalue weighted by molar-refractivity contribution is 5.97. The summed E-state index contributed by atoms with van der Waals surface area (Å²) in [6.45, 7) is 6.06. The summed E-state index contributed by atoms with van der Waals surface area (Å²) in [5.41, 5.74) is 2.18. The van der Waals surface area contributed by atoms with Gasteiger partial charge in [-0.3, -0.25) is 9.69 Å². The lowest BCUT2D eigenvalue weighted by molar-refractivity contribution is 0.0860. The second kappa shape index (κ2) is 6.85. The Labute approximate surface area is 116 Å². The normalized spacial score (nSPS) is 20.4. The van der Waals surface area contributed by atoms with Crippen molar-refractivity contribution in [3.8, 4) is 0 Å². The van der Waals surface area contributed by atoms with Crippen LogP contribution in [-0.4, -0.2) is 29.8 Å². The van der Waals surface area contributed by atoms with E-state index in [4.69, 9.17) is 0 Å². The van der Waals surface area contributed by atoms with Crippen molar-refractivity contribution in [2.45, 2.75) is 52.0 Å². The van der Waals surface area contributed by atoms with Crippen molar-refractivity contribution < 1.29 is 4.79 Å². The summed E-state index contributed by atoms with van der Waals surface area (Å²) >= 11 is 0. The van der Waals surface area contributed by atoms with Crippen LogP contribution < -0.4 is 0 Å². The zero-order valence-electron chi connectivity index (χ0n) is 12.2. The molecule has 0 N–H and O–H groups in total. The lowest BCUT2D eigenvalue weighted by Crippen LogP contribution is -2.40. The third-order valence-electron chi connectivity index (χ3n) is 4.10. The Kier molecular flexibility index (Phi) is 5.15. The van der Waals surface area contributed by atoms with E-state index in [0.717, 1.165) is 24.9 Å². The lowest BCUT2D eigenvalue weighted by Gasteiger charge is -2.32. The SMILES string of the molecule is CCCc1ccc(C(=O)CN2CCCCC2C)cc1. The topological polar surface area (TPSA) is 20.3 Å². The van der Waals surface area contributed by atoms with E-state index >= 15 is 0 Å². The fourth-order valence-corrected chi connectivity index (χ4v) is 2.81. The number of Topliss-reactive ketones (excluding diaryl/α,β-unsaturated/α-hetero) is 1. The van der Waals surface area contributed by atoms with Crippen molar-refractivity contribution >= 4 is 5.78 Å². The third kappa shape index (κ3) is 3.90. The number of ketones is 1. The number of aryl methyl sites for hydroxylation is 1. The molecule has 0 amide bonds. The summed E-state index contributed by atoms with van der Waals surface area (Å²) in [4.78, 5) is 14.6. The molecule has 1 unspecified atom stereocenters. The zero-order valence-corrected chi connectivity index (χ0v) is 12.2. The molecule has 0 bridgehead atoms. The molecule has 1 fully saturated rings. The van der Waals surface area contributed by atoms with Gasteiger partial charge in [0.1, 0.15) is 0 Å². The second-order valence-electron chi connectivity index (χ2n) is 5.69. The molecule has 1 atom stereocenters. The molecule has 0 spiro atoms. The van der Waals surface area contributed by atoms with E-state index in [1.54, 1.807) is 0 Å². The Hall–Kier alpha value is -1.15. The molecule has 1 heterocycles. The van der Waals surface area contributed by atoms with Gasteiger partial charge in [-0.25, -0.2) is 0 Å². The number of benzene rings is 1. The van der Waals surface area contributed by atoms with Gasteiger partial charge in [-0.15, -0.1) is 0 Å². The number of hydrogen-bond donors (Lipinski definition) is 0. The molecule has 0 aromatic heterocycles. The van der Waals surface area contributed by atoms with Gasteiger partial charge < -0.3 is 0 Å². The van der Waals surface area contributed by atoms with Crippen molar-refractivity contribution in [2.75, 3.05) is 13.1 Å². The third-order valence-corrected chi connectivity index (χ3v) is 4.10. The fraction of sp³-hybridized carbons (Fsp3) is 0.588. The van der Waals surface area contributed by atoms with Crippen molar-refractivity contribution in [1.82, 2.24) is 4.90 Å². The molecule has 1 aromatic carbocycles. The summed E-state index contributed by atoms with van der Waals surface area (Å²) in [6, 6.07) is 8.72. The largest absolute Gasteiger partial charge is 0.293 e. The highest BCUT2D eigenvalue weighted by atomic mass is 16.1. The number of carbonyl (C=O) groups excluding carboxylic acids is 1. The first-order chi connectivity index (χ1) is 9.20. The van der Waals surface area contributed by atoms with Crippen molar-refractivity contribution in [1.29, 1.82) is 0 Å². The van der Waals surface area contributed by atoms with E-state index in [2.05, 4.69) is 30.9 Å². The number of nitrogens with zero attached hydrogens (tertiary/aromatic N) is 1. The number of likely N-dealkylation sites (tertiary alicyclic amines) is 1. The number of hydrogen-bond acceptors (Lipinski definition) is 2. The van der Waals surface area contributed by atoms with Crippen LogP contribution in [0.3, 0.4) is 0 Å². The predicted molar refractivity (Wildman–Crippen MR) is 79.7 cm³/mol. The molecule has 2 rings (SSSR count). The Morgan fingerprint density at radius 1 is 1.26 bits per heavy atom. The molecule has 1 aromatic rings. The van der Waals surface area contributed by atoms with E-state index in [1.165, 1.54) is 24.8 Å². The first kappa shape index (κ1) is 14.3. The molecular formula is C17H25NO. The van der Waals surface area contributed by atoms with E-state index in [1.807, 2.05) is 12.1 Å². The monoisotopic (exact) mass is 259 g/mol. The Balaban J connectivity index is 1.95. The van der Waals surface area contributed by atoms with Gasteiger partial charge in [0.05, 0.1) is 6.54 Å². The molecule has 1 aliphatic rings. The van der Waals surface area contributed by atoms with Crippen LogP contribution in [0.5, 0.6) is 0 Å². The maximum absolute atomic E-state index is 12.3. The molecule has 2 heteroatoms. The lowest BCUT2D eigenvalue weighted by atomic mass is 10.0. The van der Waals surface area contributed by atoms with Crippen molar-refractivity contribution in [3.05, 3.63) is 35.4 Å². The highest BCUT2D eigenvalue weighted by Gasteiger charge is 2.20. The van der Waals surface area contributed by atoms with Gasteiger partial charge in [0.2, 0.25) is 0 Å². The Bertz CT molecular complexity index is 410. The minimum Gasteiger partial charge on any atom is -0.293 e. The summed E-state index contributed by atoms with van der Waals surface area (Å²) in [5.74, 6) is 0.261. The van der Waals surface area contributed by atoms with E-state index in [-0.39, 0.29) is 5.78 Å². The maximum atomic E-state index is 12.3. The van der Waals surface area contributed by atoms with Gasteiger partial charge in [0.25, 0.3) is 0 Å². The van der Waals surface area contributed by atoms with Crippen LogP contribution in [-0.2, 0) is 6.42 Å². The Morgan fingerprint density at radius 2 is 2.00 bits per heavy atom. The van der Waals surface area contributed by atoms with Crippen LogP contribution in [0.2, 0.25) is 0 Å². The Morgan fingerprint density at radius 3 is 2.63 bits per heavy atom. The van der Waals surface area contributed by atoms with E-state index in [0.29, 0.717) is 12.6 Å². The fourth-order valence-electron chi connectivity index (χ4n) is 2.81. The van der Waals surface area contributed by atoms with E-state index in [9.17, 15) is 4.79 Å².